The Bertz CT molecular complexity index is 411. The van der Waals surface area contributed by atoms with Gasteiger partial charge in [-0.15, -0.1) is 11.8 Å². The van der Waals surface area contributed by atoms with Crippen LogP contribution in [0.2, 0.25) is 25.7 Å². The van der Waals surface area contributed by atoms with E-state index in [0.29, 0.717) is 12.8 Å². The van der Waals surface area contributed by atoms with Crippen molar-refractivity contribution in [2.45, 2.75) is 44.9 Å². The van der Waals surface area contributed by atoms with E-state index in [0.717, 1.165) is 25.3 Å². The maximum Gasteiger partial charge on any atom is 0.342 e. The quantitative estimate of drug-likeness (QED) is 0.149. The van der Waals surface area contributed by atoms with E-state index in [1.54, 1.807) is 0 Å². The third-order valence-corrected chi connectivity index (χ3v) is 3.61. The second-order valence-corrected chi connectivity index (χ2v) is 11.1. The number of ether oxygens (including phenoxy) is 1. The van der Waals surface area contributed by atoms with E-state index in [4.69, 9.17) is 5.11 Å². The van der Waals surface area contributed by atoms with E-state index in [9.17, 15) is 4.79 Å². The molecular weight excluding hydrogens is 270 g/mol. The second-order valence-electron chi connectivity index (χ2n) is 5.66. The number of unbranched alkanes of at least 4 members (excludes halogenated alkanes) is 2. The summed E-state index contributed by atoms with van der Waals surface area (Å²) in [5.74, 6) is 5.83. The first kappa shape index (κ1) is 18.5. The van der Waals surface area contributed by atoms with Crippen molar-refractivity contribution >= 4 is 20.3 Å². The fourth-order valence-electron chi connectivity index (χ4n) is 1.25. The zero-order chi connectivity index (χ0) is 15.4. The molecule has 0 aromatic rings. The van der Waals surface area contributed by atoms with Gasteiger partial charge in [-0.1, -0.05) is 19.6 Å². The SMILES string of the molecule is COC(=O)/C(C=NCCCCC#CC[Si](C)(C)C)=C\O. The Labute approximate surface area is 123 Å². The van der Waals surface area contributed by atoms with Gasteiger partial charge in [-0.05, 0) is 12.8 Å². The van der Waals surface area contributed by atoms with Crippen LogP contribution in [0.5, 0.6) is 0 Å². The van der Waals surface area contributed by atoms with Gasteiger partial charge in [0.2, 0.25) is 0 Å². The third-order valence-electron chi connectivity index (χ3n) is 2.37. The average Bonchev–Trinajstić information content (AvgIpc) is 2.39. The predicted molar refractivity (Wildman–Crippen MR) is 85.9 cm³/mol. The van der Waals surface area contributed by atoms with Crippen LogP contribution in [0.1, 0.15) is 19.3 Å². The van der Waals surface area contributed by atoms with Gasteiger partial charge in [0.15, 0.2) is 0 Å². The van der Waals surface area contributed by atoms with Crippen molar-refractivity contribution in [2.24, 2.45) is 4.99 Å². The molecule has 0 fully saturated rings. The first-order valence-corrected chi connectivity index (χ1v) is 10.5. The summed E-state index contributed by atoms with van der Waals surface area (Å²) < 4.78 is 4.48. The van der Waals surface area contributed by atoms with Crippen LogP contribution in [0.3, 0.4) is 0 Å². The highest BCUT2D eigenvalue weighted by Gasteiger charge is 2.09. The van der Waals surface area contributed by atoms with E-state index in [-0.39, 0.29) is 5.57 Å². The smallest absolute Gasteiger partial charge is 0.342 e. The molecular formula is C15H25NO3Si. The molecule has 112 valence electrons. The van der Waals surface area contributed by atoms with Crippen LogP contribution in [0.25, 0.3) is 0 Å². The van der Waals surface area contributed by atoms with Crippen molar-refractivity contribution in [3.8, 4) is 11.8 Å². The number of methoxy groups -OCH3 is 1. The number of aliphatic hydroxyl groups is 1. The van der Waals surface area contributed by atoms with E-state index < -0.39 is 14.0 Å². The second kappa shape index (κ2) is 10.3. The van der Waals surface area contributed by atoms with Crippen molar-refractivity contribution < 1.29 is 14.6 Å². The Morgan fingerprint density at radius 3 is 2.55 bits per heavy atom. The average molecular weight is 295 g/mol. The standard InChI is InChI=1S/C15H25NO3Si/c1-19-15(18)14(13-17)12-16-10-8-6-5-7-9-11-20(2,3)4/h12-13,17H,5-6,8,10-11H2,1-4H3/b14-13-,16-12?. The summed E-state index contributed by atoms with van der Waals surface area (Å²) in [5, 5.41) is 8.82. The highest BCUT2D eigenvalue weighted by molar-refractivity contribution is 6.76. The van der Waals surface area contributed by atoms with Crippen molar-refractivity contribution in [1.29, 1.82) is 0 Å². The minimum Gasteiger partial charge on any atom is -0.515 e. The lowest BCUT2D eigenvalue weighted by Gasteiger charge is -2.09. The van der Waals surface area contributed by atoms with Gasteiger partial charge in [0.25, 0.3) is 0 Å². The Morgan fingerprint density at radius 1 is 1.30 bits per heavy atom. The van der Waals surface area contributed by atoms with Crippen LogP contribution in [0, 0.1) is 11.8 Å². The van der Waals surface area contributed by atoms with Crippen molar-refractivity contribution in [3.05, 3.63) is 11.8 Å². The summed E-state index contributed by atoms with van der Waals surface area (Å²) in [6.45, 7) is 7.54. The number of aliphatic imine (C=N–C) groups is 1. The lowest BCUT2D eigenvalue weighted by Crippen LogP contribution is -2.17. The largest absolute Gasteiger partial charge is 0.515 e. The van der Waals surface area contributed by atoms with Gasteiger partial charge < -0.3 is 9.84 Å². The lowest BCUT2D eigenvalue weighted by molar-refractivity contribution is -0.135. The van der Waals surface area contributed by atoms with Crippen molar-refractivity contribution in [1.82, 2.24) is 0 Å². The summed E-state index contributed by atoms with van der Waals surface area (Å²) in [6.07, 6.45) is 4.84. The molecule has 0 spiro atoms. The molecule has 0 heterocycles. The van der Waals surface area contributed by atoms with Gasteiger partial charge in [0.1, 0.15) is 5.57 Å². The molecule has 0 aliphatic carbocycles. The van der Waals surface area contributed by atoms with Gasteiger partial charge in [0.05, 0.1) is 21.4 Å². The molecule has 0 aromatic heterocycles. The third kappa shape index (κ3) is 10.4. The zero-order valence-electron chi connectivity index (χ0n) is 12.9. The van der Waals surface area contributed by atoms with E-state index in [1.165, 1.54) is 13.3 Å². The molecule has 0 atom stereocenters. The van der Waals surface area contributed by atoms with Crippen molar-refractivity contribution in [3.63, 3.8) is 0 Å². The maximum absolute atomic E-state index is 11.1. The predicted octanol–water partition coefficient (Wildman–Crippen LogP) is 3.18. The Kier molecular flexibility index (Phi) is 9.48. The molecule has 0 aromatic carbocycles. The van der Waals surface area contributed by atoms with Crippen LogP contribution < -0.4 is 0 Å². The first-order chi connectivity index (χ1) is 9.40. The molecule has 0 unspecified atom stereocenters. The summed E-state index contributed by atoms with van der Waals surface area (Å²) in [5.41, 5.74) is 0.0578. The first-order valence-electron chi connectivity index (χ1n) is 6.79. The van der Waals surface area contributed by atoms with Crippen LogP contribution in [-0.2, 0) is 9.53 Å². The molecule has 0 radical (unpaired) electrons. The number of carbonyl (C=O) groups excluding carboxylic acids is 1. The maximum atomic E-state index is 11.1. The molecule has 20 heavy (non-hydrogen) atoms. The summed E-state index contributed by atoms with van der Waals surface area (Å²) in [7, 11) is 0.222. The lowest BCUT2D eigenvalue weighted by atomic mass is 10.2. The van der Waals surface area contributed by atoms with Crippen molar-refractivity contribution in [2.75, 3.05) is 13.7 Å². The van der Waals surface area contributed by atoms with Crippen LogP contribution in [0.4, 0.5) is 0 Å². The number of esters is 1. The van der Waals surface area contributed by atoms with Gasteiger partial charge in [-0.3, -0.25) is 4.99 Å². The number of hydrogen-bond donors (Lipinski definition) is 1. The molecule has 0 amide bonds. The van der Waals surface area contributed by atoms with Gasteiger partial charge in [0, 0.05) is 25.2 Å². The number of nitrogens with zero attached hydrogens (tertiary/aromatic N) is 1. The molecule has 5 heteroatoms. The number of rotatable bonds is 7. The summed E-state index contributed by atoms with van der Waals surface area (Å²) in [4.78, 5) is 15.2. The van der Waals surface area contributed by atoms with Crippen LogP contribution in [0.15, 0.2) is 16.8 Å². The number of hydrogen-bond acceptors (Lipinski definition) is 4. The highest BCUT2D eigenvalue weighted by Crippen LogP contribution is 2.06. The van der Waals surface area contributed by atoms with Gasteiger partial charge in [-0.2, -0.15) is 0 Å². The molecule has 0 bridgehead atoms. The molecule has 4 nitrogen and oxygen atoms in total. The molecule has 1 N–H and O–H groups in total. The fraction of sp³-hybridized carbons (Fsp3) is 0.600. The number of carbonyl (C=O) groups is 1. The summed E-state index contributed by atoms with van der Waals surface area (Å²) in [6, 6.07) is 1.05. The van der Waals surface area contributed by atoms with Crippen LogP contribution in [-0.4, -0.2) is 39.0 Å². The normalized spacial score (nSPS) is 12.1. The zero-order valence-corrected chi connectivity index (χ0v) is 13.9. The Hall–Kier alpha value is -1.54. The molecule has 0 rings (SSSR count). The van der Waals surface area contributed by atoms with Crippen LogP contribution >= 0.6 is 0 Å². The minimum atomic E-state index is -1.04. The molecule has 0 aliphatic rings. The van der Waals surface area contributed by atoms with E-state index in [1.807, 2.05) is 0 Å². The van der Waals surface area contributed by atoms with Gasteiger partial charge >= 0.3 is 5.97 Å². The highest BCUT2D eigenvalue weighted by atomic mass is 28.3. The Balaban J connectivity index is 3.80. The van der Waals surface area contributed by atoms with E-state index >= 15 is 0 Å². The monoisotopic (exact) mass is 295 g/mol. The summed E-state index contributed by atoms with van der Waals surface area (Å²) >= 11 is 0. The fourth-order valence-corrected chi connectivity index (χ4v) is 1.91. The number of aliphatic hydroxyl groups excluding tert-OH is 1. The molecule has 0 aliphatic heterocycles. The molecule has 0 saturated heterocycles. The van der Waals surface area contributed by atoms with Gasteiger partial charge in [-0.25, -0.2) is 4.79 Å². The Morgan fingerprint density at radius 2 is 2.00 bits per heavy atom. The van der Waals surface area contributed by atoms with E-state index in [2.05, 4.69) is 41.2 Å². The topological polar surface area (TPSA) is 58.9 Å². The molecule has 0 saturated carbocycles. The minimum absolute atomic E-state index is 0.0578.